The van der Waals surface area contributed by atoms with Gasteiger partial charge in [0.2, 0.25) is 5.91 Å². The molecule has 10 heteroatoms. The Morgan fingerprint density at radius 2 is 1.91 bits per heavy atom. The second-order valence-corrected chi connectivity index (χ2v) is 9.05. The molecule has 162 valence electrons. The highest BCUT2D eigenvalue weighted by molar-refractivity contribution is 8.18. The number of benzene rings is 2. The van der Waals surface area contributed by atoms with Gasteiger partial charge in [-0.2, -0.15) is 0 Å². The molecule has 0 radical (unpaired) electrons. The van der Waals surface area contributed by atoms with E-state index in [1.807, 2.05) is 24.3 Å². The average molecular weight is 485 g/mol. The summed E-state index contributed by atoms with van der Waals surface area (Å²) in [6, 6.07) is 14.7. The summed E-state index contributed by atoms with van der Waals surface area (Å²) in [6.07, 6.45) is 3.08. The Morgan fingerprint density at radius 3 is 2.75 bits per heavy atom. The van der Waals surface area contributed by atoms with Crippen molar-refractivity contribution in [2.24, 2.45) is 0 Å². The number of amides is 3. The number of halogens is 1. The van der Waals surface area contributed by atoms with Gasteiger partial charge in [0.15, 0.2) is 0 Å². The first-order valence-electron chi connectivity index (χ1n) is 9.62. The molecule has 1 fully saturated rings. The van der Waals surface area contributed by atoms with Crippen LogP contribution in [0.5, 0.6) is 0 Å². The number of hydrogen-bond acceptors (Lipinski definition) is 7. The van der Waals surface area contributed by atoms with E-state index < -0.39 is 5.91 Å². The second kappa shape index (κ2) is 10.2. The molecule has 32 heavy (non-hydrogen) atoms. The normalized spacial score (nSPS) is 15.0. The van der Waals surface area contributed by atoms with Gasteiger partial charge >= 0.3 is 0 Å². The molecule has 0 aliphatic carbocycles. The third-order valence-electron chi connectivity index (χ3n) is 4.57. The quantitative estimate of drug-likeness (QED) is 0.305. The fraction of sp³-hybridized carbons (Fsp3) is 0.136. The van der Waals surface area contributed by atoms with Gasteiger partial charge in [-0.1, -0.05) is 59.8 Å². The van der Waals surface area contributed by atoms with Crippen LogP contribution in [-0.2, 0) is 9.59 Å². The summed E-state index contributed by atoms with van der Waals surface area (Å²) in [4.78, 5) is 46.9. The van der Waals surface area contributed by atoms with Crippen molar-refractivity contribution < 1.29 is 14.4 Å². The van der Waals surface area contributed by atoms with E-state index in [0.717, 1.165) is 32.6 Å². The summed E-state index contributed by atoms with van der Waals surface area (Å²) in [5.74, 6) is -0.442. The maximum atomic E-state index is 12.6. The molecule has 0 bridgehead atoms. The molecule has 1 aliphatic rings. The standard InChI is InChI=1S/C22H17ClN4O3S2/c23-16-7-3-1-5-14(16)11-18-21(29)27(22(30)32-18)10-9-24-19(28)12-31-20-15-6-2-4-8-17(15)25-13-26-20/h1-8,11,13H,9-10,12H2,(H,24,28)/b18-11-. The highest BCUT2D eigenvalue weighted by Gasteiger charge is 2.34. The molecular formula is C22H17ClN4O3S2. The molecule has 1 saturated heterocycles. The van der Waals surface area contributed by atoms with E-state index in [1.165, 1.54) is 18.1 Å². The number of thioether (sulfide) groups is 2. The maximum absolute atomic E-state index is 12.6. The Labute approximate surface area is 197 Å². The van der Waals surface area contributed by atoms with Crippen LogP contribution in [-0.4, -0.2) is 50.8 Å². The number of fused-ring (bicyclic) bond motifs is 1. The lowest BCUT2D eigenvalue weighted by molar-refractivity contribution is -0.123. The van der Waals surface area contributed by atoms with Crippen LogP contribution in [0.15, 0.2) is 64.8 Å². The first-order chi connectivity index (χ1) is 15.5. The van der Waals surface area contributed by atoms with Gasteiger partial charge in [0.1, 0.15) is 11.4 Å². The topological polar surface area (TPSA) is 92.3 Å². The third-order valence-corrected chi connectivity index (χ3v) is 6.83. The van der Waals surface area contributed by atoms with E-state index in [2.05, 4.69) is 15.3 Å². The van der Waals surface area contributed by atoms with E-state index in [9.17, 15) is 14.4 Å². The lowest BCUT2D eigenvalue weighted by Crippen LogP contribution is -2.37. The van der Waals surface area contributed by atoms with Crippen molar-refractivity contribution in [3.8, 4) is 0 Å². The molecular weight excluding hydrogens is 468 g/mol. The fourth-order valence-corrected chi connectivity index (χ4v) is 4.88. The molecule has 0 saturated carbocycles. The second-order valence-electron chi connectivity index (χ2n) is 6.69. The minimum absolute atomic E-state index is 0.0946. The summed E-state index contributed by atoms with van der Waals surface area (Å²) in [6.45, 7) is 0.263. The zero-order chi connectivity index (χ0) is 22.5. The van der Waals surface area contributed by atoms with Crippen molar-refractivity contribution >= 4 is 69.2 Å². The molecule has 0 spiro atoms. The van der Waals surface area contributed by atoms with Crippen LogP contribution in [0.1, 0.15) is 5.56 Å². The first kappa shape index (κ1) is 22.3. The minimum atomic E-state index is -0.393. The highest BCUT2D eigenvalue weighted by Crippen LogP contribution is 2.33. The summed E-state index contributed by atoms with van der Waals surface area (Å²) < 4.78 is 0. The van der Waals surface area contributed by atoms with Crippen LogP contribution in [0.3, 0.4) is 0 Å². The fourth-order valence-electron chi connectivity index (χ4n) is 3.01. The van der Waals surface area contributed by atoms with E-state index in [4.69, 9.17) is 11.6 Å². The molecule has 2 aromatic carbocycles. The van der Waals surface area contributed by atoms with Crippen molar-refractivity contribution in [3.63, 3.8) is 0 Å². The Hall–Kier alpha value is -2.88. The number of rotatable bonds is 7. The average Bonchev–Trinajstić information content (AvgIpc) is 3.06. The predicted molar refractivity (Wildman–Crippen MR) is 127 cm³/mol. The van der Waals surface area contributed by atoms with Crippen molar-refractivity contribution in [1.29, 1.82) is 0 Å². The summed E-state index contributed by atoms with van der Waals surface area (Å²) >= 11 is 8.30. The van der Waals surface area contributed by atoms with E-state index in [-0.39, 0.29) is 30.0 Å². The number of imide groups is 1. The molecule has 1 aliphatic heterocycles. The van der Waals surface area contributed by atoms with Gasteiger partial charge in [-0.25, -0.2) is 9.97 Å². The number of hydrogen-bond donors (Lipinski definition) is 1. The largest absolute Gasteiger partial charge is 0.354 e. The number of carbonyl (C=O) groups is 3. The highest BCUT2D eigenvalue weighted by atomic mass is 35.5. The molecule has 0 unspecified atom stereocenters. The van der Waals surface area contributed by atoms with Gasteiger partial charge in [0.05, 0.1) is 16.2 Å². The van der Waals surface area contributed by atoms with Crippen LogP contribution in [0, 0.1) is 0 Å². The smallest absolute Gasteiger partial charge is 0.293 e. The Kier molecular flexibility index (Phi) is 7.09. The van der Waals surface area contributed by atoms with Crippen LogP contribution in [0.2, 0.25) is 5.02 Å². The van der Waals surface area contributed by atoms with Crippen LogP contribution >= 0.6 is 35.1 Å². The lowest BCUT2D eigenvalue weighted by atomic mass is 10.2. The van der Waals surface area contributed by atoms with Crippen molar-refractivity contribution in [1.82, 2.24) is 20.2 Å². The monoisotopic (exact) mass is 484 g/mol. The SMILES string of the molecule is O=C(CSc1ncnc2ccccc12)NCCN1C(=O)S/C(=C\c2ccccc2Cl)C1=O. The van der Waals surface area contributed by atoms with Crippen molar-refractivity contribution in [3.05, 3.63) is 70.3 Å². The van der Waals surface area contributed by atoms with Gasteiger partial charge in [0, 0.05) is 23.5 Å². The molecule has 1 N–H and O–H groups in total. The molecule has 7 nitrogen and oxygen atoms in total. The van der Waals surface area contributed by atoms with Gasteiger partial charge in [0.25, 0.3) is 11.1 Å². The predicted octanol–water partition coefficient (Wildman–Crippen LogP) is 4.23. The number of aromatic nitrogens is 2. The lowest BCUT2D eigenvalue weighted by Gasteiger charge is -2.13. The van der Waals surface area contributed by atoms with Crippen molar-refractivity contribution in [2.75, 3.05) is 18.8 Å². The minimum Gasteiger partial charge on any atom is -0.354 e. The van der Waals surface area contributed by atoms with Crippen LogP contribution in [0.25, 0.3) is 17.0 Å². The molecule has 3 amide bonds. The Morgan fingerprint density at radius 1 is 1.12 bits per heavy atom. The van der Waals surface area contributed by atoms with Gasteiger partial charge in [-0.05, 0) is 35.5 Å². The summed E-state index contributed by atoms with van der Waals surface area (Å²) in [5.41, 5.74) is 1.48. The molecule has 3 aromatic rings. The number of carbonyl (C=O) groups excluding carboxylic acids is 3. The molecule has 2 heterocycles. The summed E-state index contributed by atoms with van der Waals surface area (Å²) in [5, 5.41) is 4.48. The Balaban J connectivity index is 1.29. The maximum Gasteiger partial charge on any atom is 0.293 e. The summed E-state index contributed by atoms with van der Waals surface area (Å²) in [7, 11) is 0. The van der Waals surface area contributed by atoms with E-state index >= 15 is 0 Å². The van der Waals surface area contributed by atoms with Crippen molar-refractivity contribution in [2.45, 2.75) is 5.03 Å². The van der Waals surface area contributed by atoms with Crippen LogP contribution < -0.4 is 5.32 Å². The number of nitrogens with one attached hydrogen (secondary N) is 1. The first-order valence-corrected chi connectivity index (χ1v) is 11.8. The van der Waals surface area contributed by atoms with Gasteiger partial charge in [-0.15, -0.1) is 0 Å². The third kappa shape index (κ3) is 5.12. The molecule has 4 rings (SSSR count). The number of para-hydroxylation sites is 1. The van der Waals surface area contributed by atoms with Crippen LogP contribution in [0.4, 0.5) is 4.79 Å². The van der Waals surface area contributed by atoms with E-state index in [0.29, 0.717) is 15.5 Å². The Bertz CT molecular complexity index is 1230. The molecule has 1 aromatic heterocycles. The zero-order valence-corrected chi connectivity index (χ0v) is 19.0. The van der Waals surface area contributed by atoms with Gasteiger partial charge < -0.3 is 5.32 Å². The van der Waals surface area contributed by atoms with Gasteiger partial charge in [-0.3, -0.25) is 19.3 Å². The number of nitrogens with zero attached hydrogens (tertiary/aromatic N) is 3. The van der Waals surface area contributed by atoms with E-state index in [1.54, 1.807) is 30.3 Å². The zero-order valence-electron chi connectivity index (χ0n) is 16.7. The molecule has 0 atom stereocenters.